The summed E-state index contributed by atoms with van der Waals surface area (Å²) in [5.41, 5.74) is 10.4. The molecule has 24 heavy (non-hydrogen) atoms. The van der Waals surface area contributed by atoms with Gasteiger partial charge in [-0.2, -0.15) is 10.3 Å². The number of hydrogen-bond donors (Lipinski definition) is 2. The Hall–Kier alpha value is -2.21. The van der Waals surface area contributed by atoms with Gasteiger partial charge in [0.25, 0.3) is 0 Å². The maximum Gasteiger partial charge on any atom is 0.220 e. The van der Waals surface area contributed by atoms with E-state index in [2.05, 4.69) is 25.9 Å². The number of nitrogens with zero attached hydrogens (tertiary/aromatic N) is 4. The van der Waals surface area contributed by atoms with Gasteiger partial charge in [-0.1, -0.05) is 6.42 Å². The molecule has 1 aliphatic carbocycles. The minimum atomic E-state index is -0.891. The molecule has 9 heteroatoms. The first-order valence-electron chi connectivity index (χ1n) is 7.47. The van der Waals surface area contributed by atoms with Crippen molar-refractivity contribution >= 4 is 33.5 Å². The van der Waals surface area contributed by atoms with Gasteiger partial charge in [0.05, 0.1) is 15.7 Å². The van der Waals surface area contributed by atoms with Gasteiger partial charge in [-0.3, -0.25) is 4.90 Å². The average molecular weight is 397 g/mol. The number of rotatable bonds is 1. The van der Waals surface area contributed by atoms with Crippen molar-refractivity contribution in [3.05, 3.63) is 27.7 Å². The normalized spacial score (nSPS) is 19.7. The molecule has 1 fully saturated rings. The molecule has 0 aromatic heterocycles. The smallest absolute Gasteiger partial charge is 0.220 e. The van der Waals surface area contributed by atoms with Crippen molar-refractivity contribution in [3.8, 4) is 6.07 Å². The van der Waals surface area contributed by atoms with Crippen LogP contribution in [-0.2, 0) is 0 Å². The molecule has 3 rings (SSSR count). The Morgan fingerprint density at radius 2 is 1.92 bits per heavy atom. The molecule has 6 nitrogen and oxygen atoms in total. The van der Waals surface area contributed by atoms with Crippen LogP contribution in [0.3, 0.4) is 0 Å². The molecule has 1 saturated carbocycles. The molecule has 1 aliphatic heterocycles. The monoisotopic (exact) mass is 396 g/mol. The summed E-state index contributed by atoms with van der Waals surface area (Å²) in [5.74, 6) is -1.65. The third kappa shape index (κ3) is 2.51. The number of anilines is 1. The summed E-state index contributed by atoms with van der Waals surface area (Å²) in [5, 5.41) is 8.92. The molecular weight excluding hydrogens is 382 g/mol. The van der Waals surface area contributed by atoms with Crippen LogP contribution in [0.15, 0.2) is 20.5 Å². The van der Waals surface area contributed by atoms with Gasteiger partial charge in [0.1, 0.15) is 17.5 Å². The second-order valence-corrected chi connectivity index (χ2v) is 6.61. The highest BCUT2D eigenvalue weighted by Crippen LogP contribution is 2.44. The third-order valence-electron chi connectivity index (χ3n) is 4.33. The van der Waals surface area contributed by atoms with Crippen molar-refractivity contribution in [2.45, 2.75) is 37.8 Å². The topological polar surface area (TPSA) is 104 Å². The molecule has 0 amide bonds. The summed E-state index contributed by atoms with van der Waals surface area (Å²) in [6.45, 7) is 0. The number of nitrogens with two attached hydrogens (primary N) is 2. The number of guanidine groups is 2. The highest BCUT2D eigenvalue weighted by molar-refractivity contribution is 9.10. The Morgan fingerprint density at radius 3 is 2.54 bits per heavy atom. The maximum absolute atomic E-state index is 14.7. The Balaban J connectivity index is 2.22. The number of hydrogen-bond acceptors (Lipinski definition) is 6. The van der Waals surface area contributed by atoms with Crippen molar-refractivity contribution in [1.82, 2.24) is 0 Å². The van der Waals surface area contributed by atoms with Crippen LogP contribution in [-0.4, -0.2) is 17.6 Å². The lowest BCUT2D eigenvalue weighted by atomic mass is 9.87. The minimum absolute atomic E-state index is 0.0243. The lowest BCUT2D eigenvalue weighted by Crippen LogP contribution is -2.58. The van der Waals surface area contributed by atoms with Gasteiger partial charge in [-0.05, 0) is 47.7 Å². The standard InChI is InChI=1S/C15H15BrF2N6/c16-10-11(18)8(7-19)6-9(17)12(10)24-14(21)22-13(20)23-15(24)4-2-1-3-5-15/h6H,1-5H2,(H4,20,21,22,23). The molecule has 0 radical (unpaired) electrons. The van der Waals surface area contributed by atoms with Crippen LogP contribution in [0, 0.1) is 23.0 Å². The molecule has 0 bridgehead atoms. The number of aliphatic imine (C=N–C) groups is 2. The van der Waals surface area contributed by atoms with Crippen molar-refractivity contribution in [1.29, 1.82) is 5.26 Å². The highest BCUT2D eigenvalue weighted by atomic mass is 79.9. The van der Waals surface area contributed by atoms with Gasteiger partial charge < -0.3 is 11.5 Å². The van der Waals surface area contributed by atoms with E-state index in [1.54, 1.807) is 6.07 Å². The van der Waals surface area contributed by atoms with Crippen molar-refractivity contribution in [2.24, 2.45) is 21.5 Å². The first-order chi connectivity index (χ1) is 11.4. The predicted octanol–water partition coefficient (Wildman–Crippen LogP) is 2.71. The molecule has 1 heterocycles. The molecule has 1 spiro atoms. The van der Waals surface area contributed by atoms with Crippen LogP contribution in [0.2, 0.25) is 0 Å². The summed E-state index contributed by atoms with van der Waals surface area (Å²) >= 11 is 3.05. The largest absolute Gasteiger partial charge is 0.369 e. The van der Waals surface area contributed by atoms with E-state index in [1.165, 1.54) is 4.90 Å². The fourth-order valence-corrected chi connectivity index (χ4v) is 3.90. The molecule has 0 atom stereocenters. The number of nitriles is 1. The third-order valence-corrected chi connectivity index (χ3v) is 5.05. The first kappa shape index (κ1) is 16.6. The lowest BCUT2D eigenvalue weighted by Gasteiger charge is -2.45. The van der Waals surface area contributed by atoms with Crippen LogP contribution >= 0.6 is 15.9 Å². The van der Waals surface area contributed by atoms with Gasteiger partial charge in [0, 0.05) is 0 Å². The molecule has 1 aromatic carbocycles. The van der Waals surface area contributed by atoms with Crippen molar-refractivity contribution < 1.29 is 8.78 Å². The van der Waals surface area contributed by atoms with E-state index in [0.29, 0.717) is 12.8 Å². The fraction of sp³-hybridized carbons (Fsp3) is 0.400. The Kier molecular flexibility index (Phi) is 4.17. The Morgan fingerprint density at radius 1 is 1.25 bits per heavy atom. The molecule has 1 aromatic rings. The zero-order chi connectivity index (χ0) is 17.5. The van der Waals surface area contributed by atoms with E-state index in [-0.39, 0.29) is 22.1 Å². The van der Waals surface area contributed by atoms with E-state index in [4.69, 9.17) is 16.7 Å². The van der Waals surface area contributed by atoms with Crippen LogP contribution < -0.4 is 16.4 Å². The molecule has 4 N–H and O–H groups in total. The molecule has 0 saturated heterocycles. The van der Waals surface area contributed by atoms with Gasteiger partial charge in [0.15, 0.2) is 5.82 Å². The van der Waals surface area contributed by atoms with Crippen LogP contribution in [0.5, 0.6) is 0 Å². The summed E-state index contributed by atoms with van der Waals surface area (Å²) < 4.78 is 28.9. The van der Waals surface area contributed by atoms with Crippen LogP contribution in [0.25, 0.3) is 0 Å². The zero-order valence-corrected chi connectivity index (χ0v) is 14.3. The molecule has 126 valence electrons. The van der Waals surface area contributed by atoms with E-state index in [0.717, 1.165) is 25.3 Å². The molecule has 0 unspecified atom stereocenters. The zero-order valence-electron chi connectivity index (χ0n) is 12.7. The Labute approximate surface area is 146 Å². The Bertz CT molecular complexity index is 792. The van der Waals surface area contributed by atoms with E-state index in [1.807, 2.05) is 0 Å². The van der Waals surface area contributed by atoms with Gasteiger partial charge >= 0.3 is 0 Å². The lowest BCUT2D eigenvalue weighted by molar-refractivity contribution is 0.303. The predicted molar refractivity (Wildman–Crippen MR) is 90.3 cm³/mol. The first-order valence-corrected chi connectivity index (χ1v) is 8.26. The molecular formula is C15H15BrF2N6. The second kappa shape index (κ2) is 6.02. The minimum Gasteiger partial charge on any atom is -0.369 e. The summed E-state index contributed by atoms with van der Waals surface area (Å²) in [6.07, 6.45) is 3.93. The molecule has 2 aliphatic rings. The quantitative estimate of drug-likeness (QED) is 0.711. The maximum atomic E-state index is 14.7. The highest BCUT2D eigenvalue weighted by Gasteiger charge is 2.44. The van der Waals surface area contributed by atoms with Gasteiger partial charge in [-0.25, -0.2) is 13.8 Å². The summed E-state index contributed by atoms with van der Waals surface area (Å²) in [6, 6.07) is 2.47. The van der Waals surface area contributed by atoms with Crippen LogP contribution in [0.4, 0.5) is 14.5 Å². The SMILES string of the molecule is N#Cc1cc(F)c(N2C(N)=NC(N)=NC23CCCCC3)c(Br)c1F. The summed E-state index contributed by atoms with van der Waals surface area (Å²) in [4.78, 5) is 9.73. The van der Waals surface area contributed by atoms with Crippen LogP contribution in [0.1, 0.15) is 37.7 Å². The van der Waals surface area contributed by atoms with E-state index < -0.39 is 22.9 Å². The number of benzene rings is 1. The average Bonchev–Trinajstić information content (AvgIpc) is 2.54. The van der Waals surface area contributed by atoms with Crippen molar-refractivity contribution in [3.63, 3.8) is 0 Å². The number of halogens is 3. The van der Waals surface area contributed by atoms with E-state index >= 15 is 0 Å². The van der Waals surface area contributed by atoms with Crippen molar-refractivity contribution in [2.75, 3.05) is 4.90 Å². The van der Waals surface area contributed by atoms with Gasteiger partial charge in [0.2, 0.25) is 11.9 Å². The van der Waals surface area contributed by atoms with Gasteiger partial charge in [-0.15, -0.1) is 0 Å². The summed E-state index contributed by atoms with van der Waals surface area (Å²) in [7, 11) is 0. The fourth-order valence-electron chi connectivity index (χ4n) is 3.32. The second-order valence-electron chi connectivity index (χ2n) is 5.81. The van der Waals surface area contributed by atoms with E-state index in [9.17, 15) is 8.78 Å².